The average Bonchev–Trinajstić information content (AvgIpc) is 2.43. The first kappa shape index (κ1) is 7.98. The summed E-state index contributed by atoms with van der Waals surface area (Å²) in [6.07, 6.45) is 6.67. The van der Waals surface area contributed by atoms with Gasteiger partial charge in [0.05, 0.1) is 0 Å². The summed E-state index contributed by atoms with van der Waals surface area (Å²) in [6, 6.07) is 0. The molecule has 0 unspecified atom stereocenters. The van der Waals surface area contributed by atoms with Gasteiger partial charge in [-0.2, -0.15) is 0 Å². The summed E-state index contributed by atoms with van der Waals surface area (Å²) in [4.78, 5) is 0. The summed E-state index contributed by atoms with van der Waals surface area (Å²) in [5, 5.41) is 0. The molecule has 0 atom stereocenters. The molecule has 0 saturated heterocycles. The molecule has 0 aromatic rings. The second-order valence-corrected chi connectivity index (χ2v) is 4.64. The molecule has 2 nitrogen and oxygen atoms in total. The Balaban J connectivity index is 2.31. The van der Waals surface area contributed by atoms with Crippen LogP contribution in [0.1, 0.15) is 12.8 Å². The smallest absolute Gasteiger partial charge is 0.388 e. The Morgan fingerprint density at radius 2 is 1.70 bits per heavy atom. The van der Waals surface area contributed by atoms with Crippen molar-refractivity contribution in [3.05, 3.63) is 12.2 Å². The summed E-state index contributed by atoms with van der Waals surface area (Å²) in [6.45, 7) is 0. The zero-order valence-electron chi connectivity index (χ0n) is 6.46. The fraction of sp³-hybridized carbons (Fsp3) is 0.714. The van der Waals surface area contributed by atoms with Gasteiger partial charge in [-0.25, -0.2) is 0 Å². The van der Waals surface area contributed by atoms with Crippen molar-refractivity contribution in [2.45, 2.75) is 18.4 Å². The first-order chi connectivity index (χ1) is 4.88. The van der Waals surface area contributed by atoms with E-state index in [1.807, 2.05) is 0 Å². The van der Waals surface area contributed by atoms with Crippen LogP contribution in [-0.2, 0) is 8.85 Å². The zero-order valence-corrected chi connectivity index (χ0v) is 7.46. The Bertz CT molecular complexity index is 113. The van der Waals surface area contributed by atoms with E-state index in [4.69, 9.17) is 8.85 Å². The molecule has 1 aliphatic carbocycles. The molecule has 0 aromatic heterocycles. The lowest BCUT2D eigenvalue weighted by molar-refractivity contribution is 0.266. The van der Waals surface area contributed by atoms with E-state index >= 15 is 0 Å². The molecule has 0 bridgehead atoms. The highest BCUT2D eigenvalue weighted by Gasteiger charge is 2.26. The maximum Gasteiger partial charge on any atom is 0.388 e. The van der Waals surface area contributed by atoms with E-state index in [9.17, 15) is 0 Å². The molecule has 10 heavy (non-hydrogen) atoms. The third-order valence-electron chi connectivity index (χ3n) is 1.74. The predicted octanol–water partition coefficient (Wildman–Crippen LogP) is 1.49. The fourth-order valence-electron chi connectivity index (χ4n) is 1.23. The molecule has 0 fully saturated rings. The van der Waals surface area contributed by atoms with Crippen LogP contribution in [0, 0.1) is 0 Å². The van der Waals surface area contributed by atoms with Crippen LogP contribution in [-0.4, -0.2) is 23.5 Å². The second kappa shape index (κ2) is 3.90. The Morgan fingerprint density at radius 3 is 2.10 bits per heavy atom. The van der Waals surface area contributed by atoms with E-state index in [0.29, 0.717) is 5.54 Å². The molecular weight excluding hydrogens is 144 g/mol. The van der Waals surface area contributed by atoms with E-state index in [0.717, 1.165) is 12.8 Å². The molecule has 0 heterocycles. The van der Waals surface area contributed by atoms with Crippen molar-refractivity contribution in [2.75, 3.05) is 14.2 Å². The minimum atomic E-state index is -0.963. The van der Waals surface area contributed by atoms with Gasteiger partial charge >= 0.3 is 9.28 Å². The van der Waals surface area contributed by atoms with Crippen molar-refractivity contribution < 1.29 is 8.85 Å². The summed E-state index contributed by atoms with van der Waals surface area (Å²) in [5.74, 6) is 0. The van der Waals surface area contributed by atoms with E-state index in [2.05, 4.69) is 12.2 Å². The minimum absolute atomic E-state index is 0.639. The van der Waals surface area contributed by atoms with Crippen LogP contribution in [0.15, 0.2) is 12.2 Å². The van der Waals surface area contributed by atoms with Crippen LogP contribution in [0.4, 0.5) is 0 Å². The maximum atomic E-state index is 5.22. The van der Waals surface area contributed by atoms with E-state index in [-0.39, 0.29) is 0 Å². The molecule has 0 saturated carbocycles. The van der Waals surface area contributed by atoms with Gasteiger partial charge in [-0.1, -0.05) is 12.2 Å². The number of hydrogen-bond donors (Lipinski definition) is 0. The molecule has 1 aliphatic rings. The number of allylic oxidation sites excluding steroid dienone is 2. The molecule has 0 N–H and O–H groups in total. The van der Waals surface area contributed by atoms with Crippen molar-refractivity contribution >= 4 is 9.28 Å². The standard InChI is InChI=1S/C7H13O2Si/c1-8-10(9-2)7-5-3-4-6-7/h3-4,7H,5-6H2,1-2H3. The van der Waals surface area contributed by atoms with Crippen LogP contribution < -0.4 is 0 Å². The Kier molecular flexibility index (Phi) is 3.12. The fourth-order valence-corrected chi connectivity index (χ4v) is 2.72. The van der Waals surface area contributed by atoms with Crippen LogP contribution in [0.3, 0.4) is 0 Å². The highest BCUT2D eigenvalue weighted by molar-refractivity contribution is 6.46. The lowest BCUT2D eigenvalue weighted by atomic mass is 10.3. The van der Waals surface area contributed by atoms with Crippen LogP contribution in [0.25, 0.3) is 0 Å². The van der Waals surface area contributed by atoms with Gasteiger partial charge in [0.1, 0.15) is 0 Å². The van der Waals surface area contributed by atoms with Crippen molar-refractivity contribution in [2.24, 2.45) is 0 Å². The second-order valence-electron chi connectivity index (χ2n) is 2.37. The van der Waals surface area contributed by atoms with Gasteiger partial charge in [0.15, 0.2) is 0 Å². The molecule has 0 amide bonds. The molecule has 0 spiro atoms. The first-order valence-corrected chi connectivity index (χ1v) is 4.87. The minimum Gasteiger partial charge on any atom is -0.397 e. The predicted molar refractivity (Wildman–Crippen MR) is 41.9 cm³/mol. The van der Waals surface area contributed by atoms with Gasteiger partial charge in [-0.3, -0.25) is 0 Å². The molecule has 3 heteroatoms. The van der Waals surface area contributed by atoms with Crippen LogP contribution in [0.5, 0.6) is 0 Å². The van der Waals surface area contributed by atoms with Gasteiger partial charge < -0.3 is 8.85 Å². The Labute approximate surface area is 63.7 Å². The van der Waals surface area contributed by atoms with E-state index in [1.165, 1.54) is 0 Å². The van der Waals surface area contributed by atoms with Gasteiger partial charge in [-0.15, -0.1) is 0 Å². The molecule has 57 valence electrons. The Morgan fingerprint density at radius 1 is 1.20 bits per heavy atom. The topological polar surface area (TPSA) is 18.5 Å². The zero-order chi connectivity index (χ0) is 7.40. The quantitative estimate of drug-likeness (QED) is 0.456. The largest absolute Gasteiger partial charge is 0.397 e. The molecular formula is C7H13O2Si. The van der Waals surface area contributed by atoms with E-state index < -0.39 is 9.28 Å². The van der Waals surface area contributed by atoms with Crippen LogP contribution >= 0.6 is 0 Å². The lowest BCUT2D eigenvalue weighted by Crippen LogP contribution is -2.24. The summed E-state index contributed by atoms with van der Waals surface area (Å²) >= 11 is 0. The normalized spacial score (nSPS) is 19.1. The lowest BCUT2D eigenvalue weighted by Gasteiger charge is -2.15. The monoisotopic (exact) mass is 157 g/mol. The highest BCUT2D eigenvalue weighted by Crippen LogP contribution is 2.27. The molecule has 0 aliphatic heterocycles. The van der Waals surface area contributed by atoms with Crippen LogP contribution in [0.2, 0.25) is 5.54 Å². The highest BCUT2D eigenvalue weighted by atomic mass is 28.3. The maximum absolute atomic E-state index is 5.22. The van der Waals surface area contributed by atoms with Gasteiger partial charge in [0.2, 0.25) is 0 Å². The number of rotatable bonds is 3. The van der Waals surface area contributed by atoms with Crippen molar-refractivity contribution in [1.29, 1.82) is 0 Å². The van der Waals surface area contributed by atoms with Crippen molar-refractivity contribution in [3.63, 3.8) is 0 Å². The van der Waals surface area contributed by atoms with Crippen molar-refractivity contribution in [1.82, 2.24) is 0 Å². The Hall–Kier alpha value is -0.123. The van der Waals surface area contributed by atoms with Gasteiger partial charge in [-0.05, 0) is 12.8 Å². The third kappa shape index (κ3) is 1.68. The molecule has 1 rings (SSSR count). The number of hydrogen-bond acceptors (Lipinski definition) is 2. The summed E-state index contributed by atoms with van der Waals surface area (Å²) < 4.78 is 10.4. The molecule has 1 radical (unpaired) electrons. The SMILES string of the molecule is CO[Si](OC)C1CC=CC1. The summed E-state index contributed by atoms with van der Waals surface area (Å²) in [7, 11) is 2.50. The summed E-state index contributed by atoms with van der Waals surface area (Å²) in [5.41, 5.74) is 0.639. The van der Waals surface area contributed by atoms with Crippen molar-refractivity contribution in [3.8, 4) is 0 Å². The first-order valence-electron chi connectivity index (χ1n) is 3.48. The molecule has 0 aromatic carbocycles. The van der Waals surface area contributed by atoms with Gasteiger partial charge in [0, 0.05) is 19.8 Å². The van der Waals surface area contributed by atoms with Gasteiger partial charge in [0.25, 0.3) is 0 Å². The van der Waals surface area contributed by atoms with E-state index in [1.54, 1.807) is 14.2 Å². The third-order valence-corrected chi connectivity index (χ3v) is 3.69. The average molecular weight is 157 g/mol.